The molecule has 0 saturated carbocycles. The molecule has 2 rings (SSSR count). The number of amides is 1. The minimum absolute atomic E-state index is 0.130. The Morgan fingerprint density at radius 2 is 1.85 bits per heavy atom. The number of aryl methyl sites for hydroxylation is 1. The molecule has 0 atom stereocenters. The SMILES string of the molecule is Cc1nn(CC(C)C)c(C)c1CC(=O)OCC(=O)N(C)Cc1ccccc1. The molecule has 0 fully saturated rings. The van der Waals surface area contributed by atoms with Crippen molar-refractivity contribution >= 4 is 11.9 Å². The lowest BCUT2D eigenvalue weighted by Gasteiger charge is -2.17. The number of benzene rings is 1. The van der Waals surface area contributed by atoms with Gasteiger partial charge in [0.25, 0.3) is 5.91 Å². The highest BCUT2D eigenvalue weighted by Gasteiger charge is 2.18. The van der Waals surface area contributed by atoms with E-state index in [1.54, 1.807) is 11.9 Å². The minimum atomic E-state index is -0.410. The smallest absolute Gasteiger partial charge is 0.310 e. The average Bonchev–Trinajstić information content (AvgIpc) is 2.87. The highest BCUT2D eigenvalue weighted by molar-refractivity contribution is 5.81. The van der Waals surface area contributed by atoms with E-state index in [1.165, 1.54) is 0 Å². The number of nitrogens with zero attached hydrogens (tertiary/aromatic N) is 3. The number of likely N-dealkylation sites (N-methyl/N-ethyl adjacent to an activating group) is 1. The molecule has 146 valence electrons. The first-order valence-corrected chi connectivity index (χ1v) is 9.24. The largest absolute Gasteiger partial charge is 0.455 e. The van der Waals surface area contributed by atoms with E-state index in [2.05, 4.69) is 18.9 Å². The van der Waals surface area contributed by atoms with Crippen molar-refractivity contribution in [2.45, 2.75) is 47.2 Å². The number of hydrogen-bond donors (Lipinski definition) is 0. The van der Waals surface area contributed by atoms with Gasteiger partial charge in [-0.25, -0.2) is 0 Å². The van der Waals surface area contributed by atoms with Crippen LogP contribution in [0.1, 0.15) is 36.4 Å². The van der Waals surface area contributed by atoms with Gasteiger partial charge in [0.1, 0.15) is 0 Å². The van der Waals surface area contributed by atoms with Gasteiger partial charge in [-0.3, -0.25) is 14.3 Å². The van der Waals surface area contributed by atoms with Gasteiger partial charge in [0.05, 0.1) is 12.1 Å². The van der Waals surface area contributed by atoms with Crippen molar-refractivity contribution in [3.05, 3.63) is 52.8 Å². The first-order valence-electron chi connectivity index (χ1n) is 9.24. The normalized spacial score (nSPS) is 10.9. The van der Waals surface area contributed by atoms with Crippen LogP contribution in [-0.2, 0) is 33.8 Å². The lowest BCUT2D eigenvalue weighted by molar-refractivity contribution is -0.151. The molecular weight excluding hydrogens is 342 g/mol. The first kappa shape index (κ1) is 20.7. The fourth-order valence-corrected chi connectivity index (χ4v) is 2.91. The Labute approximate surface area is 161 Å². The molecule has 0 saturated heterocycles. The van der Waals surface area contributed by atoms with Crippen LogP contribution >= 0.6 is 0 Å². The van der Waals surface area contributed by atoms with E-state index in [0.717, 1.165) is 29.1 Å². The summed E-state index contributed by atoms with van der Waals surface area (Å²) in [5.74, 6) is -0.163. The summed E-state index contributed by atoms with van der Waals surface area (Å²) >= 11 is 0. The van der Waals surface area contributed by atoms with E-state index < -0.39 is 5.97 Å². The lowest BCUT2D eigenvalue weighted by atomic mass is 10.1. The van der Waals surface area contributed by atoms with Crippen molar-refractivity contribution in [1.29, 1.82) is 0 Å². The summed E-state index contributed by atoms with van der Waals surface area (Å²) < 4.78 is 7.13. The van der Waals surface area contributed by atoms with Crippen LogP contribution in [-0.4, -0.2) is 40.2 Å². The Kier molecular flexibility index (Phi) is 7.16. The lowest BCUT2D eigenvalue weighted by Crippen LogP contribution is -2.31. The molecule has 0 aliphatic rings. The van der Waals surface area contributed by atoms with E-state index in [1.807, 2.05) is 48.9 Å². The Balaban J connectivity index is 1.87. The van der Waals surface area contributed by atoms with E-state index in [-0.39, 0.29) is 18.9 Å². The minimum Gasteiger partial charge on any atom is -0.455 e. The summed E-state index contributed by atoms with van der Waals surface area (Å²) in [5.41, 5.74) is 3.72. The zero-order chi connectivity index (χ0) is 20.0. The Bertz CT molecular complexity index is 781. The summed E-state index contributed by atoms with van der Waals surface area (Å²) in [5, 5.41) is 4.51. The predicted molar refractivity (Wildman–Crippen MR) is 104 cm³/mol. The van der Waals surface area contributed by atoms with Gasteiger partial charge in [-0.1, -0.05) is 44.2 Å². The quantitative estimate of drug-likeness (QED) is 0.669. The number of hydrogen-bond acceptors (Lipinski definition) is 4. The highest BCUT2D eigenvalue weighted by atomic mass is 16.5. The maximum atomic E-state index is 12.2. The van der Waals surface area contributed by atoms with Crippen LogP contribution in [0.3, 0.4) is 0 Å². The Hall–Kier alpha value is -2.63. The maximum Gasteiger partial charge on any atom is 0.310 e. The van der Waals surface area contributed by atoms with Gasteiger partial charge in [0.15, 0.2) is 6.61 Å². The van der Waals surface area contributed by atoms with E-state index in [9.17, 15) is 9.59 Å². The summed E-state index contributed by atoms with van der Waals surface area (Å²) in [6, 6.07) is 9.70. The van der Waals surface area contributed by atoms with Crippen molar-refractivity contribution in [3.8, 4) is 0 Å². The van der Waals surface area contributed by atoms with Gasteiger partial charge < -0.3 is 9.64 Å². The van der Waals surface area contributed by atoms with Crippen LogP contribution in [0.25, 0.3) is 0 Å². The zero-order valence-corrected chi connectivity index (χ0v) is 16.9. The molecule has 6 nitrogen and oxygen atoms in total. The third-order valence-electron chi connectivity index (χ3n) is 4.44. The molecule has 27 heavy (non-hydrogen) atoms. The van der Waals surface area contributed by atoms with Gasteiger partial charge in [-0.05, 0) is 25.3 Å². The number of esters is 1. The number of aromatic nitrogens is 2. The molecule has 0 radical (unpaired) electrons. The molecule has 0 aliphatic carbocycles. The highest BCUT2D eigenvalue weighted by Crippen LogP contribution is 2.16. The molecule has 0 spiro atoms. The van der Waals surface area contributed by atoms with Crippen molar-refractivity contribution < 1.29 is 14.3 Å². The number of rotatable bonds is 8. The van der Waals surface area contributed by atoms with Crippen molar-refractivity contribution in [2.75, 3.05) is 13.7 Å². The topological polar surface area (TPSA) is 64.4 Å². The fraction of sp³-hybridized carbons (Fsp3) is 0.476. The van der Waals surface area contributed by atoms with Gasteiger partial charge in [-0.15, -0.1) is 0 Å². The van der Waals surface area contributed by atoms with Crippen LogP contribution in [0.15, 0.2) is 30.3 Å². The summed E-state index contributed by atoms with van der Waals surface area (Å²) in [4.78, 5) is 26.0. The monoisotopic (exact) mass is 371 g/mol. The average molecular weight is 371 g/mol. The van der Waals surface area contributed by atoms with Gasteiger partial charge in [-0.2, -0.15) is 5.10 Å². The van der Waals surface area contributed by atoms with Crippen molar-refractivity contribution in [2.24, 2.45) is 5.92 Å². The molecular formula is C21H29N3O3. The second-order valence-electron chi connectivity index (χ2n) is 7.30. The molecule has 1 amide bonds. The van der Waals surface area contributed by atoms with E-state index in [0.29, 0.717) is 12.5 Å². The van der Waals surface area contributed by atoms with Gasteiger partial charge in [0, 0.05) is 31.4 Å². The second kappa shape index (κ2) is 9.35. The van der Waals surface area contributed by atoms with Crippen LogP contribution in [0.4, 0.5) is 0 Å². The number of carbonyl (C=O) groups excluding carboxylic acids is 2. The number of carbonyl (C=O) groups is 2. The molecule has 1 aromatic heterocycles. The van der Waals surface area contributed by atoms with Crippen molar-refractivity contribution in [1.82, 2.24) is 14.7 Å². The second-order valence-corrected chi connectivity index (χ2v) is 7.30. The van der Waals surface area contributed by atoms with Crippen LogP contribution in [0.2, 0.25) is 0 Å². The molecule has 0 N–H and O–H groups in total. The summed E-state index contributed by atoms with van der Waals surface area (Å²) in [6.45, 7) is 9.15. The first-order chi connectivity index (χ1) is 12.8. The molecule has 0 bridgehead atoms. The Morgan fingerprint density at radius 1 is 1.19 bits per heavy atom. The molecule has 2 aromatic rings. The summed E-state index contributed by atoms with van der Waals surface area (Å²) in [6.07, 6.45) is 0.130. The Morgan fingerprint density at radius 3 is 2.48 bits per heavy atom. The predicted octanol–water partition coefficient (Wildman–Crippen LogP) is 2.90. The third kappa shape index (κ3) is 5.94. The van der Waals surface area contributed by atoms with Gasteiger partial charge in [0.2, 0.25) is 0 Å². The molecule has 1 heterocycles. The molecule has 6 heteroatoms. The van der Waals surface area contributed by atoms with E-state index in [4.69, 9.17) is 4.74 Å². The molecule has 0 unspecified atom stereocenters. The molecule has 0 aliphatic heterocycles. The summed E-state index contributed by atoms with van der Waals surface area (Å²) in [7, 11) is 1.70. The van der Waals surface area contributed by atoms with Crippen LogP contribution in [0.5, 0.6) is 0 Å². The third-order valence-corrected chi connectivity index (χ3v) is 4.44. The van der Waals surface area contributed by atoms with E-state index >= 15 is 0 Å². The fourth-order valence-electron chi connectivity index (χ4n) is 2.91. The van der Waals surface area contributed by atoms with Crippen molar-refractivity contribution in [3.63, 3.8) is 0 Å². The maximum absolute atomic E-state index is 12.2. The molecule has 1 aromatic carbocycles. The van der Waals surface area contributed by atoms with Gasteiger partial charge >= 0.3 is 5.97 Å². The van der Waals surface area contributed by atoms with Crippen LogP contribution < -0.4 is 0 Å². The standard InChI is InChI=1S/C21H29N3O3/c1-15(2)12-24-17(4)19(16(3)22-24)11-21(26)27-14-20(25)23(5)13-18-9-7-6-8-10-18/h6-10,15H,11-14H2,1-5H3. The zero-order valence-electron chi connectivity index (χ0n) is 16.9. The van der Waals surface area contributed by atoms with Crippen LogP contribution in [0, 0.1) is 19.8 Å². The number of ether oxygens (including phenoxy) is 1.